The summed E-state index contributed by atoms with van der Waals surface area (Å²) in [6, 6.07) is 9.46. The van der Waals surface area contributed by atoms with Crippen molar-refractivity contribution in [3.63, 3.8) is 0 Å². The minimum Gasteiger partial charge on any atom is -0.490 e. The van der Waals surface area contributed by atoms with E-state index in [2.05, 4.69) is 10.3 Å². The van der Waals surface area contributed by atoms with Crippen LogP contribution in [0.2, 0.25) is 0 Å². The first-order chi connectivity index (χ1) is 13.7. The third-order valence-electron chi connectivity index (χ3n) is 4.96. The van der Waals surface area contributed by atoms with Gasteiger partial charge in [-0.25, -0.2) is 0 Å². The topological polar surface area (TPSA) is 80.8 Å². The molecule has 1 fully saturated rings. The largest absolute Gasteiger partial charge is 0.490 e. The highest BCUT2D eigenvalue weighted by Gasteiger charge is 2.34. The maximum Gasteiger partial charge on any atom is 0.225 e. The molecule has 1 unspecified atom stereocenters. The molecule has 3 heterocycles. The van der Waals surface area contributed by atoms with Crippen LogP contribution in [-0.2, 0) is 22.7 Å². The molecule has 28 heavy (non-hydrogen) atoms. The maximum absolute atomic E-state index is 12.5. The van der Waals surface area contributed by atoms with Crippen LogP contribution in [-0.4, -0.2) is 41.5 Å². The van der Waals surface area contributed by atoms with E-state index in [0.717, 1.165) is 23.3 Å². The van der Waals surface area contributed by atoms with Crippen molar-refractivity contribution in [1.29, 1.82) is 0 Å². The van der Waals surface area contributed by atoms with Gasteiger partial charge in [0.1, 0.15) is 0 Å². The van der Waals surface area contributed by atoms with Crippen LogP contribution in [0.25, 0.3) is 0 Å². The Morgan fingerprint density at radius 3 is 2.86 bits per heavy atom. The number of nitrogens with zero attached hydrogens (tertiary/aromatic N) is 2. The van der Waals surface area contributed by atoms with Crippen molar-refractivity contribution in [2.24, 2.45) is 5.92 Å². The zero-order valence-corrected chi connectivity index (χ0v) is 15.6. The SMILES string of the molecule is O=C(NCc1ccc2c(c1)OCCCO2)C1CC(=O)N(Cc2cccnc2)C1. The zero-order valence-electron chi connectivity index (χ0n) is 15.6. The van der Waals surface area contributed by atoms with Crippen LogP contribution in [0.1, 0.15) is 24.0 Å². The number of hydrogen-bond donors (Lipinski definition) is 1. The second-order valence-electron chi connectivity index (χ2n) is 7.09. The van der Waals surface area contributed by atoms with E-state index < -0.39 is 0 Å². The molecule has 2 aromatic rings. The van der Waals surface area contributed by atoms with Crippen molar-refractivity contribution in [2.75, 3.05) is 19.8 Å². The third-order valence-corrected chi connectivity index (χ3v) is 4.96. The predicted molar refractivity (Wildman–Crippen MR) is 102 cm³/mol. The Morgan fingerprint density at radius 2 is 2.04 bits per heavy atom. The highest BCUT2D eigenvalue weighted by Crippen LogP contribution is 2.30. The van der Waals surface area contributed by atoms with Gasteiger partial charge >= 0.3 is 0 Å². The van der Waals surface area contributed by atoms with E-state index in [1.54, 1.807) is 17.3 Å². The van der Waals surface area contributed by atoms with E-state index in [0.29, 0.717) is 38.6 Å². The minimum atomic E-state index is -0.329. The standard InChI is InChI=1S/C21H23N3O4/c25-20-10-17(14-24(20)13-16-3-1-6-22-11-16)21(26)23-12-15-4-5-18-19(9-15)28-8-2-7-27-18/h1,3-6,9,11,17H,2,7-8,10,12-14H2,(H,23,26). The van der Waals surface area contributed by atoms with Crippen LogP contribution in [0.4, 0.5) is 0 Å². The number of aromatic nitrogens is 1. The number of hydrogen-bond acceptors (Lipinski definition) is 5. The molecule has 7 nitrogen and oxygen atoms in total. The van der Waals surface area contributed by atoms with Crippen molar-refractivity contribution in [3.05, 3.63) is 53.9 Å². The fraction of sp³-hybridized carbons (Fsp3) is 0.381. The second kappa shape index (κ2) is 8.29. The van der Waals surface area contributed by atoms with Gasteiger partial charge in [-0.1, -0.05) is 12.1 Å². The number of nitrogens with one attached hydrogen (secondary N) is 1. The Morgan fingerprint density at radius 1 is 1.18 bits per heavy atom. The first kappa shape index (κ1) is 18.3. The van der Waals surface area contributed by atoms with E-state index in [9.17, 15) is 9.59 Å². The predicted octanol–water partition coefficient (Wildman–Crippen LogP) is 1.91. The molecule has 1 saturated heterocycles. The number of fused-ring (bicyclic) bond motifs is 1. The van der Waals surface area contributed by atoms with Gasteiger partial charge in [0.2, 0.25) is 11.8 Å². The van der Waals surface area contributed by atoms with E-state index in [4.69, 9.17) is 9.47 Å². The van der Waals surface area contributed by atoms with E-state index in [1.165, 1.54) is 0 Å². The van der Waals surface area contributed by atoms with E-state index in [1.807, 2.05) is 30.3 Å². The Bertz CT molecular complexity index is 856. The first-order valence-electron chi connectivity index (χ1n) is 9.52. The number of carbonyl (C=O) groups excluding carboxylic acids is 2. The van der Waals surface area contributed by atoms with Gasteiger partial charge in [0.05, 0.1) is 19.1 Å². The molecule has 1 aromatic carbocycles. The van der Waals surface area contributed by atoms with Crippen molar-refractivity contribution < 1.29 is 19.1 Å². The summed E-state index contributed by atoms with van der Waals surface area (Å²) < 4.78 is 11.3. The molecule has 0 aliphatic carbocycles. The van der Waals surface area contributed by atoms with Crippen molar-refractivity contribution in [3.8, 4) is 11.5 Å². The highest BCUT2D eigenvalue weighted by atomic mass is 16.5. The number of carbonyl (C=O) groups is 2. The van der Waals surface area contributed by atoms with Gasteiger partial charge in [-0.15, -0.1) is 0 Å². The second-order valence-corrected chi connectivity index (χ2v) is 7.09. The molecule has 7 heteroatoms. The van der Waals surface area contributed by atoms with Crippen LogP contribution in [0.15, 0.2) is 42.7 Å². The molecule has 0 saturated carbocycles. The lowest BCUT2D eigenvalue weighted by Crippen LogP contribution is -2.32. The van der Waals surface area contributed by atoms with Crippen molar-refractivity contribution in [2.45, 2.75) is 25.9 Å². The lowest BCUT2D eigenvalue weighted by Gasteiger charge is -2.16. The zero-order chi connectivity index (χ0) is 19.3. The summed E-state index contributed by atoms with van der Waals surface area (Å²) >= 11 is 0. The summed E-state index contributed by atoms with van der Waals surface area (Å²) in [5.74, 6) is 1.02. The fourth-order valence-corrected chi connectivity index (χ4v) is 3.46. The fourth-order valence-electron chi connectivity index (χ4n) is 3.46. The van der Waals surface area contributed by atoms with Gasteiger partial charge in [-0.05, 0) is 29.3 Å². The summed E-state index contributed by atoms with van der Waals surface area (Å²) in [5.41, 5.74) is 1.90. The first-order valence-corrected chi connectivity index (χ1v) is 9.52. The van der Waals surface area contributed by atoms with Crippen LogP contribution < -0.4 is 14.8 Å². The lowest BCUT2D eigenvalue weighted by molar-refractivity contribution is -0.129. The molecule has 0 bridgehead atoms. The monoisotopic (exact) mass is 381 g/mol. The Hall–Kier alpha value is -3.09. The van der Waals surface area contributed by atoms with Gasteiger partial charge in [0, 0.05) is 44.9 Å². The van der Waals surface area contributed by atoms with Crippen LogP contribution in [0.5, 0.6) is 11.5 Å². The summed E-state index contributed by atoms with van der Waals surface area (Å²) in [6.07, 6.45) is 4.54. The summed E-state index contributed by atoms with van der Waals surface area (Å²) in [7, 11) is 0. The van der Waals surface area contributed by atoms with E-state index >= 15 is 0 Å². The number of benzene rings is 1. The van der Waals surface area contributed by atoms with Gasteiger partial charge in [-0.3, -0.25) is 14.6 Å². The Labute approximate surface area is 163 Å². The number of ether oxygens (including phenoxy) is 2. The molecule has 1 atom stereocenters. The quantitative estimate of drug-likeness (QED) is 0.856. The molecule has 4 rings (SSSR count). The maximum atomic E-state index is 12.5. The summed E-state index contributed by atoms with van der Waals surface area (Å²) in [5, 5.41) is 2.94. The van der Waals surface area contributed by atoms with Gasteiger partial charge < -0.3 is 19.7 Å². The minimum absolute atomic E-state index is 0.000386. The molecule has 0 radical (unpaired) electrons. The molecule has 1 N–H and O–H groups in total. The van der Waals surface area contributed by atoms with E-state index in [-0.39, 0.29) is 24.2 Å². The van der Waals surface area contributed by atoms with Gasteiger partial charge in [0.25, 0.3) is 0 Å². The molecular formula is C21H23N3O4. The Kier molecular flexibility index (Phi) is 5.41. The summed E-state index contributed by atoms with van der Waals surface area (Å²) in [6.45, 7) is 2.58. The van der Waals surface area contributed by atoms with Crippen molar-refractivity contribution in [1.82, 2.24) is 15.2 Å². The number of likely N-dealkylation sites (tertiary alicyclic amines) is 1. The highest BCUT2D eigenvalue weighted by molar-refractivity contribution is 5.89. The number of amides is 2. The number of pyridine rings is 1. The average Bonchev–Trinajstić information content (AvgIpc) is 2.93. The molecular weight excluding hydrogens is 358 g/mol. The lowest BCUT2D eigenvalue weighted by atomic mass is 10.1. The molecule has 0 spiro atoms. The molecule has 146 valence electrons. The van der Waals surface area contributed by atoms with Crippen LogP contribution in [0.3, 0.4) is 0 Å². The van der Waals surface area contributed by atoms with Gasteiger partial charge in [0.15, 0.2) is 11.5 Å². The van der Waals surface area contributed by atoms with Gasteiger partial charge in [-0.2, -0.15) is 0 Å². The van der Waals surface area contributed by atoms with Crippen LogP contribution in [0, 0.1) is 5.92 Å². The van der Waals surface area contributed by atoms with Crippen molar-refractivity contribution >= 4 is 11.8 Å². The smallest absolute Gasteiger partial charge is 0.225 e. The Balaban J connectivity index is 1.32. The molecule has 2 aliphatic rings. The third kappa shape index (κ3) is 4.24. The molecule has 2 aliphatic heterocycles. The van der Waals surface area contributed by atoms with Crippen LogP contribution >= 0.6 is 0 Å². The summed E-state index contributed by atoms with van der Waals surface area (Å²) in [4.78, 5) is 30.6. The number of rotatable bonds is 5. The normalized spacial score (nSPS) is 18.6. The molecule has 1 aromatic heterocycles. The molecule has 2 amide bonds. The average molecular weight is 381 g/mol.